The highest BCUT2D eigenvalue weighted by Crippen LogP contribution is 2.08. The maximum Gasteiger partial charge on any atom is 0.00489 e. The van der Waals surface area contributed by atoms with E-state index < -0.39 is 0 Å². The number of rotatable bonds is 1. The van der Waals surface area contributed by atoms with Gasteiger partial charge < -0.3 is 16.5 Å². The third-order valence-corrected chi connectivity index (χ3v) is 1.01. The first kappa shape index (κ1) is 6.61. The molecule has 0 aliphatic rings. The zero-order valence-corrected chi connectivity index (χ0v) is 5.41. The average molecular weight is 134 g/mol. The van der Waals surface area contributed by atoms with Crippen LogP contribution >= 0.6 is 0 Å². The summed E-state index contributed by atoms with van der Waals surface area (Å²) >= 11 is 0. The maximum absolute atomic E-state index is 6.84. The van der Waals surface area contributed by atoms with Crippen molar-refractivity contribution in [3.8, 4) is 0 Å². The molecule has 0 aliphatic carbocycles. The lowest BCUT2D eigenvalue weighted by Crippen LogP contribution is -2.02. The van der Waals surface area contributed by atoms with Crippen molar-refractivity contribution in [2.75, 3.05) is 0 Å². The summed E-state index contributed by atoms with van der Waals surface area (Å²) in [6.07, 6.45) is 0. The van der Waals surface area contributed by atoms with Gasteiger partial charge in [0.1, 0.15) is 0 Å². The highest BCUT2D eigenvalue weighted by atomic mass is 15.0. The molecule has 0 unspecified atom stereocenters. The molecule has 1 aromatic carbocycles. The minimum Gasteiger partial charge on any atom is -0.454 e. The normalized spacial score (nSPS) is 11.4. The lowest BCUT2D eigenvalue weighted by molar-refractivity contribution is 1.49. The van der Waals surface area contributed by atoms with Crippen LogP contribution in [0.5, 0.6) is 0 Å². The van der Waals surface area contributed by atoms with Crippen LogP contribution in [-0.4, -0.2) is 5.96 Å². The topological polar surface area (TPSA) is 62.2 Å². The van der Waals surface area contributed by atoms with Crippen molar-refractivity contribution in [3.63, 3.8) is 0 Å². The zero-order valence-electron chi connectivity index (χ0n) is 5.41. The summed E-state index contributed by atoms with van der Waals surface area (Å²) in [4.78, 5) is 3.72. The molecule has 10 heavy (non-hydrogen) atoms. The number of aliphatic imine (C=N–C) groups is 1. The number of nitrogens with one attached hydrogen (secondary N) is 1. The van der Waals surface area contributed by atoms with Gasteiger partial charge >= 0.3 is 0 Å². The van der Waals surface area contributed by atoms with Crippen LogP contribution in [0, 0.1) is 0 Å². The van der Waals surface area contributed by atoms with E-state index in [0.717, 1.165) is 5.69 Å². The molecule has 0 radical (unpaired) electrons. The van der Waals surface area contributed by atoms with E-state index in [-0.39, 0.29) is 5.96 Å². The van der Waals surface area contributed by atoms with Gasteiger partial charge in [0.25, 0.3) is 0 Å². The summed E-state index contributed by atoms with van der Waals surface area (Å²) in [6, 6.07) is 9.17. The zero-order chi connectivity index (χ0) is 7.40. The van der Waals surface area contributed by atoms with Crippen molar-refractivity contribution in [2.45, 2.75) is 0 Å². The fourth-order valence-corrected chi connectivity index (χ4v) is 0.642. The summed E-state index contributed by atoms with van der Waals surface area (Å²) in [7, 11) is 0. The van der Waals surface area contributed by atoms with Crippen LogP contribution in [0.2, 0.25) is 0 Å². The van der Waals surface area contributed by atoms with Gasteiger partial charge in [0, 0.05) is 5.96 Å². The third-order valence-electron chi connectivity index (χ3n) is 1.01. The average Bonchev–Trinajstić information content (AvgIpc) is 1.88. The Balaban J connectivity index is 2.87. The Bertz CT molecular complexity index is 224. The van der Waals surface area contributed by atoms with E-state index in [1.165, 1.54) is 0 Å². The molecule has 52 valence electrons. The Morgan fingerprint density at radius 1 is 1.30 bits per heavy atom. The molecule has 0 atom stereocenters. The van der Waals surface area contributed by atoms with Gasteiger partial charge in [0.15, 0.2) is 0 Å². The number of para-hydroxylation sites is 1. The van der Waals surface area contributed by atoms with Crippen molar-refractivity contribution >= 4 is 11.6 Å². The predicted molar refractivity (Wildman–Crippen MR) is 42.0 cm³/mol. The molecular weight excluding hydrogens is 126 g/mol. The smallest absolute Gasteiger partial charge is 0.00489 e. The highest BCUT2D eigenvalue weighted by Gasteiger charge is 1.76. The van der Waals surface area contributed by atoms with Crippen molar-refractivity contribution in [1.29, 1.82) is 0 Å². The second-order valence-corrected chi connectivity index (χ2v) is 1.83. The molecule has 0 fully saturated rings. The Labute approximate surface area is 59.4 Å². The van der Waals surface area contributed by atoms with Gasteiger partial charge in [-0.25, -0.2) is 0 Å². The number of guanidine groups is 1. The number of hydrogen-bond acceptors (Lipinski definition) is 1. The number of hydrogen-bond donors (Lipinski definition) is 1. The van der Waals surface area contributed by atoms with Gasteiger partial charge in [0.05, 0.1) is 0 Å². The van der Waals surface area contributed by atoms with Crippen molar-refractivity contribution in [3.05, 3.63) is 36.1 Å². The number of benzene rings is 1. The van der Waals surface area contributed by atoms with E-state index >= 15 is 0 Å². The summed E-state index contributed by atoms with van der Waals surface area (Å²) in [5, 5.41) is 0. The summed E-state index contributed by atoms with van der Waals surface area (Å²) < 4.78 is 0. The fraction of sp³-hybridized carbons (Fsp3) is 0. The first-order valence-corrected chi connectivity index (χ1v) is 2.90. The largest absolute Gasteiger partial charge is 0.454 e. The van der Waals surface area contributed by atoms with Crippen LogP contribution in [0.4, 0.5) is 5.69 Å². The molecule has 1 rings (SSSR count). The fourth-order valence-electron chi connectivity index (χ4n) is 0.642. The first-order valence-electron chi connectivity index (χ1n) is 2.90. The number of nitrogens with two attached hydrogens (primary N) is 1. The molecule has 0 spiro atoms. The molecule has 0 amide bonds. The minimum absolute atomic E-state index is 0.161. The second-order valence-electron chi connectivity index (χ2n) is 1.83. The summed E-state index contributed by atoms with van der Waals surface area (Å²) in [5.74, 6) is -0.161. The van der Waals surface area contributed by atoms with E-state index in [1.54, 1.807) is 12.1 Å². The van der Waals surface area contributed by atoms with Crippen molar-refractivity contribution in [2.24, 2.45) is 10.7 Å². The molecule has 1 aromatic rings. The minimum atomic E-state index is -0.161. The van der Waals surface area contributed by atoms with Gasteiger partial charge in [-0.2, -0.15) is 0 Å². The standard InChI is InChI=1S/C7H8N3/c8-7(9)10-6-4-2-1-3-5-6/h1-5H,(H3-,8,9,10)/q-1. The van der Waals surface area contributed by atoms with Crippen LogP contribution in [0.15, 0.2) is 35.3 Å². The first-order chi connectivity index (χ1) is 4.79. The molecule has 0 saturated carbocycles. The van der Waals surface area contributed by atoms with Gasteiger partial charge in [-0.3, -0.25) is 0 Å². The van der Waals surface area contributed by atoms with E-state index in [9.17, 15) is 0 Å². The molecule has 0 bridgehead atoms. The summed E-state index contributed by atoms with van der Waals surface area (Å²) in [6.45, 7) is 0. The van der Waals surface area contributed by atoms with E-state index in [4.69, 9.17) is 11.5 Å². The molecular formula is C7H8N3-. The van der Waals surface area contributed by atoms with Crippen molar-refractivity contribution < 1.29 is 0 Å². The van der Waals surface area contributed by atoms with E-state index in [2.05, 4.69) is 4.99 Å². The molecule has 0 saturated heterocycles. The maximum atomic E-state index is 6.84. The molecule has 3 heteroatoms. The van der Waals surface area contributed by atoms with Gasteiger partial charge in [-0.15, -0.1) is 0 Å². The lowest BCUT2D eigenvalue weighted by Gasteiger charge is -2.00. The van der Waals surface area contributed by atoms with E-state index in [1.807, 2.05) is 18.2 Å². The highest BCUT2D eigenvalue weighted by molar-refractivity contribution is 5.88. The Morgan fingerprint density at radius 2 is 1.90 bits per heavy atom. The summed E-state index contributed by atoms with van der Waals surface area (Å²) in [5.41, 5.74) is 12.6. The Kier molecular flexibility index (Phi) is 1.89. The number of nitrogens with zero attached hydrogens (tertiary/aromatic N) is 1. The van der Waals surface area contributed by atoms with Crippen LogP contribution in [0.3, 0.4) is 0 Å². The monoisotopic (exact) mass is 134 g/mol. The van der Waals surface area contributed by atoms with Gasteiger partial charge in [0.2, 0.25) is 0 Å². The Hall–Kier alpha value is -1.51. The second kappa shape index (κ2) is 2.87. The van der Waals surface area contributed by atoms with Gasteiger partial charge in [-0.05, 0) is 5.69 Å². The van der Waals surface area contributed by atoms with Crippen LogP contribution in [-0.2, 0) is 0 Å². The van der Waals surface area contributed by atoms with Crippen LogP contribution in [0.1, 0.15) is 0 Å². The molecule has 0 heterocycles. The lowest BCUT2D eigenvalue weighted by atomic mass is 10.3. The van der Waals surface area contributed by atoms with Crippen LogP contribution < -0.4 is 5.73 Å². The molecule has 3 N–H and O–H groups in total. The van der Waals surface area contributed by atoms with Crippen LogP contribution in [0.25, 0.3) is 5.73 Å². The Morgan fingerprint density at radius 3 is 2.40 bits per heavy atom. The third kappa shape index (κ3) is 1.78. The molecule has 3 nitrogen and oxygen atoms in total. The van der Waals surface area contributed by atoms with Crippen molar-refractivity contribution in [1.82, 2.24) is 0 Å². The molecule has 0 aromatic heterocycles. The predicted octanol–water partition coefficient (Wildman–Crippen LogP) is 1.68. The van der Waals surface area contributed by atoms with Gasteiger partial charge in [-0.1, -0.05) is 30.3 Å². The molecule has 0 aliphatic heterocycles. The quantitative estimate of drug-likeness (QED) is 0.461. The van der Waals surface area contributed by atoms with E-state index in [0.29, 0.717) is 0 Å². The SMILES string of the molecule is [NH-]C(N)=Nc1ccccc1.